The van der Waals surface area contributed by atoms with Crippen molar-refractivity contribution in [2.75, 3.05) is 46.1 Å². The first kappa shape index (κ1) is 26.2. The van der Waals surface area contributed by atoms with E-state index in [9.17, 15) is 0 Å². The fraction of sp³-hybridized carbons (Fsp3) is 0.600. The molecule has 9 nitrogen and oxygen atoms in total. The van der Waals surface area contributed by atoms with Crippen molar-refractivity contribution >= 4 is 29.9 Å². The Morgan fingerprint density at radius 1 is 1.10 bits per heavy atom. The standard InChI is InChI=1S/C20H32N6O3.HI/c1-3-5-13-27-15-16-28-14-12-24-20(21-4-2)23-11-9-18-25-19(29-26-18)17-8-6-7-10-22-17;/h6-8,10H,3-5,9,11-16H2,1-2H3,(H2,21,23,24);1H. The smallest absolute Gasteiger partial charge is 0.276 e. The highest BCUT2D eigenvalue weighted by Crippen LogP contribution is 2.12. The maximum absolute atomic E-state index is 5.54. The second kappa shape index (κ2) is 16.9. The molecule has 0 amide bonds. The maximum Gasteiger partial charge on any atom is 0.276 e. The highest BCUT2D eigenvalue weighted by atomic mass is 127. The second-order valence-corrected chi connectivity index (χ2v) is 6.25. The molecule has 0 fully saturated rings. The van der Waals surface area contributed by atoms with Crippen LogP contribution in [0.3, 0.4) is 0 Å². The summed E-state index contributed by atoms with van der Waals surface area (Å²) in [6.07, 6.45) is 4.56. The number of guanidine groups is 1. The monoisotopic (exact) mass is 532 g/mol. The number of rotatable bonds is 14. The third-order valence-electron chi connectivity index (χ3n) is 3.86. The Morgan fingerprint density at radius 3 is 2.67 bits per heavy atom. The molecule has 2 rings (SSSR count). The molecule has 2 heterocycles. The number of pyridine rings is 1. The molecule has 10 heteroatoms. The average Bonchev–Trinajstić information content (AvgIpc) is 3.22. The number of nitrogens with one attached hydrogen (secondary N) is 2. The molecule has 168 valence electrons. The van der Waals surface area contributed by atoms with Gasteiger partial charge in [-0.25, -0.2) is 0 Å². The van der Waals surface area contributed by atoms with Gasteiger partial charge in [-0.3, -0.25) is 9.98 Å². The Morgan fingerprint density at radius 2 is 1.93 bits per heavy atom. The zero-order valence-electron chi connectivity index (χ0n) is 17.8. The van der Waals surface area contributed by atoms with Gasteiger partial charge in [0.25, 0.3) is 5.89 Å². The lowest BCUT2D eigenvalue weighted by atomic mass is 10.3. The third kappa shape index (κ3) is 10.8. The summed E-state index contributed by atoms with van der Waals surface area (Å²) >= 11 is 0. The number of nitrogens with zero attached hydrogens (tertiary/aromatic N) is 4. The van der Waals surface area contributed by atoms with Crippen molar-refractivity contribution in [2.45, 2.75) is 33.1 Å². The zero-order chi connectivity index (χ0) is 20.6. The lowest BCUT2D eigenvalue weighted by Gasteiger charge is -2.10. The predicted molar refractivity (Wildman–Crippen MR) is 127 cm³/mol. The van der Waals surface area contributed by atoms with Gasteiger partial charge < -0.3 is 24.6 Å². The van der Waals surface area contributed by atoms with E-state index in [0.717, 1.165) is 32.0 Å². The van der Waals surface area contributed by atoms with Gasteiger partial charge in [0.1, 0.15) is 5.69 Å². The number of unbranched alkanes of at least 4 members (excludes halogenated alkanes) is 1. The lowest BCUT2D eigenvalue weighted by Crippen LogP contribution is -2.38. The largest absolute Gasteiger partial charge is 0.379 e. The minimum atomic E-state index is 0. The summed E-state index contributed by atoms with van der Waals surface area (Å²) in [7, 11) is 0. The molecular weight excluding hydrogens is 499 g/mol. The van der Waals surface area contributed by atoms with Crippen LogP contribution in [-0.2, 0) is 15.9 Å². The molecule has 0 bridgehead atoms. The van der Waals surface area contributed by atoms with Gasteiger partial charge in [0.2, 0.25) is 0 Å². The van der Waals surface area contributed by atoms with E-state index in [4.69, 9.17) is 14.0 Å². The summed E-state index contributed by atoms with van der Waals surface area (Å²) in [5, 5.41) is 10.5. The SMILES string of the molecule is CCCCOCCOCCN=C(NCC)NCCc1noc(-c2ccccn2)n1.I. The predicted octanol–water partition coefficient (Wildman–Crippen LogP) is 2.68. The first-order valence-corrected chi connectivity index (χ1v) is 10.2. The van der Waals surface area contributed by atoms with Crippen molar-refractivity contribution in [3.63, 3.8) is 0 Å². The van der Waals surface area contributed by atoms with Crippen molar-refractivity contribution < 1.29 is 14.0 Å². The second-order valence-electron chi connectivity index (χ2n) is 6.25. The number of hydrogen-bond acceptors (Lipinski definition) is 7. The summed E-state index contributed by atoms with van der Waals surface area (Å²) < 4.78 is 16.3. The first-order valence-electron chi connectivity index (χ1n) is 10.2. The van der Waals surface area contributed by atoms with Crippen LogP contribution in [0.2, 0.25) is 0 Å². The molecule has 0 aliphatic heterocycles. The topological polar surface area (TPSA) is 107 Å². The van der Waals surface area contributed by atoms with Crippen LogP contribution < -0.4 is 10.6 Å². The van der Waals surface area contributed by atoms with Crippen LogP contribution >= 0.6 is 24.0 Å². The Balaban J connectivity index is 0.00000450. The van der Waals surface area contributed by atoms with Crippen LogP contribution in [0.25, 0.3) is 11.6 Å². The fourth-order valence-electron chi connectivity index (χ4n) is 2.37. The summed E-state index contributed by atoms with van der Waals surface area (Å²) in [5.41, 5.74) is 0.671. The number of ether oxygens (including phenoxy) is 2. The molecule has 0 saturated carbocycles. The van der Waals surface area contributed by atoms with Gasteiger partial charge in [0.05, 0.1) is 26.4 Å². The maximum atomic E-state index is 5.54. The van der Waals surface area contributed by atoms with Gasteiger partial charge in [0.15, 0.2) is 11.8 Å². The fourth-order valence-corrected chi connectivity index (χ4v) is 2.37. The third-order valence-corrected chi connectivity index (χ3v) is 3.86. The summed E-state index contributed by atoms with van der Waals surface area (Å²) in [6, 6.07) is 5.57. The summed E-state index contributed by atoms with van der Waals surface area (Å²) in [5.74, 6) is 1.79. The number of aliphatic imine (C=N–C) groups is 1. The van der Waals surface area contributed by atoms with Gasteiger partial charge in [-0.05, 0) is 25.5 Å². The van der Waals surface area contributed by atoms with Crippen molar-refractivity contribution in [3.05, 3.63) is 30.2 Å². The van der Waals surface area contributed by atoms with Gasteiger partial charge in [0, 0.05) is 32.3 Å². The van der Waals surface area contributed by atoms with Crippen molar-refractivity contribution in [2.24, 2.45) is 4.99 Å². The van der Waals surface area contributed by atoms with Crippen LogP contribution in [0.4, 0.5) is 0 Å². The number of aromatic nitrogens is 3. The van der Waals surface area contributed by atoms with E-state index < -0.39 is 0 Å². The van der Waals surface area contributed by atoms with E-state index >= 15 is 0 Å². The molecule has 0 aliphatic carbocycles. The molecule has 0 spiro atoms. The summed E-state index contributed by atoms with van der Waals surface area (Å²) in [6.45, 7) is 8.77. The van der Waals surface area contributed by atoms with E-state index in [1.165, 1.54) is 0 Å². The molecule has 0 aromatic carbocycles. The van der Waals surface area contributed by atoms with Crippen molar-refractivity contribution in [1.82, 2.24) is 25.8 Å². The first-order chi connectivity index (χ1) is 14.3. The Labute approximate surface area is 195 Å². The van der Waals surface area contributed by atoms with Crippen LogP contribution in [0.15, 0.2) is 33.9 Å². The molecule has 0 aliphatic rings. The van der Waals surface area contributed by atoms with E-state index in [0.29, 0.717) is 56.7 Å². The normalized spacial score (nSPS) is 11.2. The lowest BCUT2D eigenvalue weighted by molar-refractivity contribution is 0.0497. The van der Waals surface area contributed by atoms with Crippen LogP contribution in [0, 0.1) is 0 Å². The molecule has 2 N–H and O–H groups in total. The molecule has 0 radical (unpaired) electrons. The molecule has 2 aromatic rings. The van der Waals surface area contributed by atoms with Gasteiger partial charge in [-0.2, -0.15) is 4.98 Å². The Bertz CT molecular complexity index is 699. The average molecular weight is 532 g/mol. The van der Waals surface area contributed by atoms with E-state index in [1.807, 2.05) is 25.1 Å². The minimum absolute atomic E-state index is 0. The van der Waals surface area contributed by atoms with Crippen LogP contribution in [-0.4, -0.2) is 67.1 Å². The van der Waals surface area contributed by atoms with Crippen LogP contribution in [0.1, 0.15) is 32.5 Å². The minimum Gasteiger partial charge on any atom is -0.379 e. The molecular formula is C20H33IN6O3. The van der Waals surface area contributed by atoms with Gasteiger partial charge >= 0.3 is 0 Å². The molecule has 0 unspecified atom stereocenters. The van der Waals surface area contributed by atoms with Crippen molar-refractivity contribution in [1.29, 1.82) is 0 Å². The zero-order valence-corrected chi connectivity index (χ0v) is 20.1. The molecule has 2 aromatic heterocycles. The quantitative estimate of drug-likeness (QED) is 0.166. The Kier molecular flexibility index (Phi) is 14.8. The number of hydrogen-bond donors (Lipinski definition) is 2. The van der Waals surface area contributed by atoms with Crippen LogP contribution in [0.5, 0.6) is 0 Å². The van der Waals surface area contributed by atoms with Crippen molar-refractivity contribution in [3.8, 4) is 11.6 Å². The molecule has 0 saturated heterocycles. The summed E-state index contributed by atoms with van der Waals surface area (Å²) in [4.78, 5) is 13.1. The Hall–Kier alpha value is -1.79. The van der Waals surface area contributed by atoms with Gasteiger partial charge in [-0.1, -0.05) is 24.6 Å². The van der Waals surface area contributed by atoms with E-state index in [1.54, 1.807) is 6.20 Å². The highest BCUT2D eigenvalue weighted by molar-refractivity contribution is 14.0. The highest BCUT2D eigenvalue weighted by Gasteiger charge is 2.09. The molecule has 0 atom stereocenters. The van der Waals surface area contributed by atoms with E-state index in [2.05, 4.69) is 37.7 Å². The molecule has 30 heavy (non-hydrogen) atoms. The van der Waals surface area contributed by atoms with Gasteiger partial charge in [-0.15, -0.1) is 24.0 Å². The van der Waals surface area contributed by atoms with E-state index in [-0.39, 0.29) is 24.0 Å². The number of halogens is 1.